The maximum Gasteiger partial charge on any atom is 1.00 e. The normalized spacial score (nSPS) is 21.8. The molecule has 0 aromatic rings. The third kappa shape index (κ3) is 3.02. The Morgan fingerprint density at radius 3 is 2.22 bits per heavy atom. The fourth-order valence-electron chi connectivity index (χ4n) is 0.623. The summed E-state index contributed by atoms with van der Waals surface area (Å²) in [6, 6.07) is 0. The minimum Gasteiger partial charge on any atom is -0.319 e. The molecule has 0 unspecified atom stereocenters. The molecule has 1 aliphatic heterocycles. The van der Waals surface area contributed by atoms with Gasteiger partial charge in [-0.25, -0.2) is 0 Å². The minimum atomic E-state index is -0.170. The fraction of sp³-hybridized carbons (Fsp3) is 0.600. The summed E-state index contributed by atoms with van der Waals surface area (Å²) in [5.41, 5.74) is 5.09. The van der Waals surface area contributed by atoms with Gasteiger partial charge < -0.3 is 10.2 Å². The molecule has 0 saturated carbocycles. The van der Waals surface area contributed by atoms with E-state index in [9.17, 15) is 4.79 Å². The Balaban J connectivity index is 0.000000640. The minimum absolute atomic E-state index is 0. The molecule has 0 atom stereocenters. The van der Waals surface area contributed by atoms with Crippen LogP contribution in [0.2, 0.25) is 0 Å². The molecule has 1 aliphatic rings. The molecule has 9 heavy (non-hydrogen) atoms. The molecular weight excluding hydrogens is 143 g/mol. The van der Waals surface area contributed by atoms with Gasteiger partial charge in [-0.1, -0.05) is 19.4 Å². The molecular formula is C5H9KN2O. The first-order chi connectivity index (χ1) is 3.60. The molecule has 46 valence electrons. The number of hydrogen-bond acceptors (Lipinski definition) is 2. The Hall–Kier alpha value is 0.936. The molecule has 1 amide bonds. The average molecular weight is 152 g/mol. The summed E-state index contributed by atoms with van der Waals surface area (Å²) >= 11 is 0. The molecule has 0 aliphatic carbocycles. The SMILES string of the molecule is CC1(C)[CH-]C(=O)NN1.[K+]. The van der Waals surface area contributed by atoms with Crippen molar-refractivity contribution >= 4 is 5.91 Å². The van der Waals surface area contributed by atoms with Gasteiger partial charge in [-0.2, -0.15) is 0 Å². The molecule has 0 spiro atoms. The van der Waals surface area contributed by atoms with Crippen LogP contribution in [-0.2, 0) is 4.79 Å². The molecule has 2 N–H and O–H groups in total. The van der Waals surface area contributed by atoms with Gasteiger partial charge in [0.15, 0.2) is 0 Å². The molecule has 1 rings (SSSR count). The largest absolute Gasteiger partial charge is 1.00 e. The summed E-state index contributed by atoms with van der Waals surface area (Å²) in [4.78, 5) is 10.4. The van der Waals surface area contributed by atoms with Crippen molar-refractivity contribution in [2.24, 2.45) is 0 Å². The number of amides is 1. The standard InChI is InChI=1S/C5H9N2O.K/c1-5(2)3-4(8)6-7-5;/h3,7H,1-2H3,(H,6,8);/q-1;+1. The van der Waals surface area contributed by atoms with E-state index in [1.54, 1.807) is 6.42 Å². The van der Waals surface area contributed by atoms with Crippen molar-refractivity contribution in [2.75, 3.05) is 0 Å². The quantitative estimate of drug-likeness (QED) is 0.281. The summed E-state index contributed by atoms with van der Waals surface area (Å²) in [6.07, 6.45) is 1.60. The van der Waals surface area contributed by atoms with Crippen molar-refractivity contribution < 1.29 is 56.2 Å². The maximum absolute atomic E-state index is 10.4. The topological polar surface area (TPSA) is 41.1 Å². The second-order valence-electron chi connectivity index (χ2n) is 2.48. The van der Waals surface area contributed by atoms with Gasteiger partial charge >= 0.3 is 51.4 Å². The molecule has 1 heterocycles. The van der Waals surface area contributed by atoms with Crippen molar-refractivity contribution in [1.82, 2.24) is 10.9 Å². The monoisotopic (exact) mass is 152 g/mol. The summed E-state index contributed by atoms with van der Waals surface area (Å²) in [6.45, 7) is 3.84. The van der Waals surface area contributed by atoms with Crippen LogP contribution in [0, 0.1) is 6.42 Å². The molecule has 0 bridgehead atoms. The number of nitrogens with one attached hydrogen (secondary N) is 2. The van der Waals surface area contributed by atoms with Crippen LogP contribution in [0.15, 0.2) is 0 Å². The van der Waals surface area contributed by atoms with Gasteiger partial charge in [0, 0.05) is 0 Å². The predicted octanol–water partition coefficient (Wildman–Crippen LogP) is -3.39. The third-order valence-electron chi connectivity index (χ3n) is 1.000. The van der Waals surface area contributed by atoms with E-state index < -0.39 is 0 Å². The molecule has 0 aromatic carbocycles. The van der Waals surface area contributed by atoms with Gasteiger partial charge in [-0.05, 0) is 0 Å². The van der Waals surface area contributed by atoms with Crippen LogP contribution in [-0.4, -0.2) is 11.4 Å². The van der Waals surface area contributed by atoms with Crippen molar-refractivity contribution in [3.05, 3.63) is 6.42 Å². The Kier molecular flexibility index (Phi) is 3.71. The molecule has 3 nitrogen and oxygen atoms in total. The van der Waals surface area contributed by atoms with Crippen molar-refractivity contribution in [1.29, 1.82) is 0 Å². The van der Waals surface area contributed by atoms with Crippen LogP contribution in [0.4, 0.5) is 0 Å². The zero-order chi connectivity index (χ0) is 6.20. The fourth-order valence-corrected chi connectivity index (χ4v) is 0.623. The van der Waals surface area contributed by atoms with Gasteiger partial charge in [0.25, 0.3) is 0 Å². The number of rotatable bonds is 0. The average Bonchev–Trinajstić information content (AvgIpc) is 1.82. The number of hydrogen-bond donors (Lipinski definition) is 2. The van der Waals surface area contributed by atoms with Crippen LogP contribution in [0.1, 0.15) is 13.8 Å². The molecule has 1 saturated heterocycles. The Morgan fingerprint density at radius 2 is 2.11 bits per heavy atom. The van der Waals surface area contributed by atoms with E-state index in [1.807, 2.05) is 13.8 Å². The second-order valence-corrected chi connectivity index (χ2v) is 2.48. The van der Waals surface area contributed by atoms with Crippen LogP contribution in [0.5, 0.6) is 0 Å². The number of hydrazine groups is 1. The molecule has 0 aromatic heterocycles. The Labute approximate surface area is 97.3 Å². The smallest absolute Gasteiger partial charge is 0.319 e. The van der Waals surface area contributed by atoms with E-state index in [0.29, 0.717) is 0 Å². The number of carbonyl (C=O) groups is 1. The van der Waals surface area contributed by atoms with Crippen LogP contribution in [0.3, 0.4) is 0 Å². The summed E-state index contributed by atoms with van der Waals surface area (Å²) in [5, 5.41) is 0. The molecule has 0 radical (unpaired) electrons. The predicted molar refractivity (Wildman–Crippen MR) is 29.7 cm³/mol. The summed E-state index contributed by atoms with van der Waals surface area (Å²) in [5.74, 6) is -0.0463. The van der Waals surface area contributed by atoms with Gasteiger partial charge in [0.2, 0.25) is 0 Å². The van der Waals surface area contributed by atoms with E-state index in [0.717, 1.165) is 0 Å². The van der Waals surface area contributed by atoms with Crippen molar-refractivity contribution in [3.8, 4) is 0 Å². The zero-order valence-electron chi connectivity index (χ0n) is 5.99. The first-order valence-corrected chi connectivity index (χ1v) is 2.53. The first kappa shape index (κ1) is 9.94. The first-order valence-electron chi connectivity index (χ1n) is 2.53. The Morgan fingerprint density at radius 1 is 1.56 bits per heavy atom. The zero-order valence-corrected chi connectivity index (χ0v) is 9.11. The van der Waals surface area contributed by atoms with Gasteiger partial charge in [-0.3, -0.25) is 11.8 Å². The molecule has 4 heteroatoms. The van der Waals surface area contributed by atoms with E-state index in [2.05, 4.69) is 10.9 Å². The van der Waals surface area contributed by atoms with Crippen LogP contribution >= 0.6 is 0 Å². The van der Waals surface area contributed by atoms with E-state index >= 15 is 0 Å². The maximum atomic E-state index is 10.4. The Bertz CT molecular complexity index is 124. The van der Waals surface area contributed by atoms with Crippen molar-refractivity contribution in [2.45, 2.75) is 19.4 Å². The van der Waals surface area contributed by atoms with E-state index in [1.165, 1.54) is 0 Å². The molecule has 1 fully saturated rings. The van der Waals surface area contributed by atoms with Gasteiger partial charge in [-0.15, -0.1) is 0 Å². The summed E-state index contributed by atoms with van der Waals surface area (Å²) in [7, 11) is 0. The second kappa shape index (κ2) is 3.36. The van der Waals surface area contributed by atoms with E-state index in [4.69, 9.17) is 0 Å². The van der Waals surface area contributed by atoms with Gasteiger partial charge in [0.05, 0.1) is 5.91 Å². The summed E-state index contributed by atoms with van der Waals surface area (Å²) < 4.78 is 0. The van der Waals surface area contributed by atoms with Crippen LogP contribution < -0.4 is 62.2 Å². The van der Waals surface area contributed by atoms with Crippen molar-refractivity contribution in [3.63, 3.8) is 0 Å². The van der Waals surface area contributed by atoms with E-state index in [-0.39, 0.29) is 62.8 Å². The third-order valence-corrected chi connectivity index (χ3v) is 1.000. The van der Waals surface area contributed by atoms with Crippen LogP contribution in [0.25, 0.3) is 0 Å². The van der Waals surface area contributed by atoms with Gasteiger partial charge in [0.1, 0.15) is 0 Å². The number of carbonyl (C=O) groups excluding carboxylic acids is 1.